The molecule has 0 aromatic rings. The van der Waals surface area contributed by atoms with E-state index in [1.807, 2.05) is 5.57 Å². The predicted molar refractivity (Wildman–Crippen MR) is 85.4 cm³/mol. The van der Waals surface area contributed by atoms with Gasteiger partial charge in [-0.2, -0.15) is 0 Å². The molecule has 0 aromatic heterocycles. The lowest BCUT2D eigenvalue weighted by Crippen LogP contribution is -2.46. The molecular formula is C13H30Si3. The molecule has 1 aliphatic carbocycles. The van der Waals surface area contributed by atoms with Gasteiger partial charge in [0.25, 0.3) is 0 Å². The monoisotopic (exact) mass is 270 g/mol. The lowest BCUT2D eigenvalue weighted by Gasteiger charge is -2.39. The van der Waals surface area contributed by atoms with Crippen molar-refractivity contribution in [2.75, 3.05) is 0 Å². The van der Waals surface area contributed by atoms with E-state index in [-0.39, 0.29) is 0 Å². The summed E-state index contributed by atoms with van der Waals surface area (Å²) >= 11 is 0. The standard InChI is InChI=1S/C13H30Si3/c1-14(2,3)11-12-10-13(12,15(4,5)6)16(7,8)9/h11H,10H2,1-9H3/b12-11-. The summed E-state index contributed by atoms with van der Waals surface area (Å²) in [6.07, 6.45) is 1.45. The average Bonchev–Trinajstić information content (AvgIpc) is 2.54. The summed E-state index contributed by atoms with van der Waals surface area (Å²) in [5.74, 6) is 0. The molecule has 0 nitrogen and oxygen atoms in total. The Morgan fingerprint density at radius 1 is 0.812 bits per heavy atom. The van der Waals surface area contributed by atoms with Crippen LogP contribution in [0.4, 0.5) is 0 Å². The third-order valence-electron chi connectivity index (χ3n) is 4.05. The summed E-state index contributed by atoms with van der Waals surface area (Å²) in [6.45, 7) is 22.9. The van der Waals surface area contributed by atoms with Crippen molar-refractivity contribution >= 4 is 24.2 Å². The van der Waals surface area contributed by atoms with Crippen LogP contribution in [0.2, 0.25) is 63.6 Å². The zero-order chi connectivity index (χ0) is 13.0. The van der Waals surface area contributed by atoms with Gasteiger partial charge in [-0.1, -0.05) is 70.2 Å². The van der Waals surface area contributed by atoms with Crippen LogP contribution in [0.3, 0.4) is 0 Å². The average molecular weight is 271 g/mol. The van der Waals surface area contributed by atoms with E-state index in [1.54, 1.807) is 0 Å². The Balaban J connectivity index is 3.14. The van der Waals surface area contributed by atoms with Crippen molar-refractivity contribution in [3.05, 3.63) is 11.3 Å². The molecule has 1 saturated carbocycles. The van der Waals surface area contributed by atoms with Gasteiger partial charge in [0.2, 0.25) is 0 Å². The van der Waals surface area contributed by atoms with Crippen LogP contribution in [0, 0.1) is 0 Å². The molecular weight excluding hydrogens is 240 g/mol. The Hall–Kier alpha value is 0.391. The van der Waals surface area contributed by atoms with Crippen molar-refractivity contribution in [1.29, 1.82) is 0 Å². The molecule has 0 bridgehead atoms. The topological polar surface area (TPSA) is 0 Å². The van der Waals surface area contributed by atoms with Crippen molar-refractivity contribution in [3.8, 4) is 0 Å². The van der Waals surface area contributed by atoms with Gasteiger partial charge in [0.1, 0.15) is 0 Å². The van der Waals surface area contributed by atoms with Crippen molar-refractivity contribution in [2.24, 2.45) is 0 Å². The molecule has 0 N–H and O–H groups in total. The van der Waals surface area contributed by atoms with Crippen LogP contribution in [0.15, 0.2) is 11.3 Å². The molecule has 1 aliphatic rings. The van der Waals surface area contributed by atoms with Crippen molar-refractivity contribution in [1.82, 2.24) is 0 Å². The van der Waals surface area contributed by atoms with Crippen LogP contribution in [-0.2, 0) is 0 Å². The second-order valence-corrected chi connectivity index (χ2v) is 24.8. The van der Waals surface area contributed by atoms with Gasteiger partial charge in [0, 0.05) is 0 Å². The molecule has 0 unspecified atom stereocenters. The third-order valence-corrected chi connectivity index (χ3v) is 15.9. The maximum atomic E-state index is 2.71. The Bertz CT molecular complexity index is 294. The minimum atomic E-state index is -1.06. The van der Waals surface area contributed by atoms with E-state index in [9.17, 15) is 0 Å². The van der Waals surface area contributed by atoms with E-state index in [4.69, 9.17) is 0 Å². The summed E-state index contributed by atoms with van der Waals surface area (Å²) < 4.78 is 0.723. The third kappa shape index (κ3) is 2.46. The minimum Gasteiger partial charge on any atom is -0.0958 e. The summed E-state index contributed by atoms with van der Waals surface area (Å²) in [5, 5.41) is 0. The molecule has 0 spiro atoms. The molecule has 0 atom stereocenters. The van der Waals surface area contributed by atoms with Crippen molar-refractivity contribution in [3.63, 3.8) is 0 Å². The van der Waals surface area contributed by atoms with E-state index >= 15 is 0 Å². The fourth-order valence-electron chi connectivity index (χ4n) is 3.56. The number of rotatable bonds is 3. The summed E-state index contributed by atoms with van der Waals surface area (Å²) in [7, 11) is -3.13. The Kier molecular flexibility index (Phi) is 3.33. The van der Waals surface area contributed by atoms with Gasteiger partial charge in [0.05, 0.1) is 24.2 Å². The fraction of sp³-hybridized carbons (Fsp3) is 0.846. The molecule has 1 fully saturated rings. The molecule has 0 radical (unpaired) electrons. The molecule has 16 heavy (non-hydrogen) atoms. The molecule has 0 amide bonds. The van der Waals surface area contributed by atoms with Gasteiger partial charge in [-0.3, -0.25) is 0 Å². The summed E-state index contributed by atoms with van der Waals surface area (Å²) in [6, 6.07) is 0. The number of hydrogen-bond acceptors (Lipinski definition) is 0. The maximum Gasteiger partial charge on any atom is 0.0686 e. The largest absolute Gasteiger partial charge is 0.0958 e. The zero-order valence-electron chi connectivity index (χ0n) is 12.8. The highest BCUT2D eigenvalue weighted by atomic mass is 28.4. The van der Waals surface area contributed by atoms with Crippen LogP contribution >= 0.6 is 0 Å². The van der Waals surface area contributed by atoms with E-state index in [1.165, 1.54) is 6.42 Å². The van der Waals surface area contributed by atoms with E-state index in [0.717, 1.165) is 4.66 Å². The second kappa shape index (κ2) is 3.69. The SMILES string of the molecule is C[Si](C)(C)/C=C1/CC1([Si](C)(C)C)[Si](C)(C)C. The zero-order valence-corrected chi connectivity index (χ0v) is 15.8. The van der Waals surface area contributed by atoms with E-state index in [2.05, 4.69) is 64.6 Å². The highest BCUT2D eigenvalue weighted by molar-refractivity contribution is 7.01. The first-order valence-corrected chi connectivity index (χ1v) is 17.1. The molecule has 0 heterocycles. The van der Waals surface area contributed by atoms with E-state index < -0.39 is 24.2 Å². The Morgan fingerprint density at radius 3 is 1.38 bits per heavy atom. The number of allylic oxidation sites excluding steroid dienone is 1. The molecule has 0 aliphatic heterocycles. The van der Waals surface area contributed by atoms with Crippen LogP contribution in [0.25, 0.3) is 0 Å². The van der Waals surface area contributed by atoms with E-state index in [0.29, 0.717) is 0 Å². The fourth-order valence-corrected chi connectivity index (χ4v) is 17.8. The normalized spacial score (nSPS) is 23.7. The van der Waals surface area contributed by atoms with Crippen LogP contribution in [0.5, 0.6) is 0 Å². The highest BCUT2D eigenvalue weighted by Crippen LogP contribution is 2.70. The highest BCUT2D eigenvalue weighted by Gasteiger charge is 2.64. The summed E-state index contributed by atoms with van der Waals surface area (Å²) in [4.78, 5) is 0. The van der Waals surface area contributed by atoms with Crippen molar-refractivity contribution < 1.29 is 0 Å². The van der Waals surface area contributed by atoms with Crippen LogP contribution < -0.4 is 0 Å². The van der Waals surface area contributed by atoms with Crippen LogP contribution in [-0.4, -0.2) is 24.2 Å². The molecule has 1 rings (SSSR count). The molecule has 3 heteroatoms. The lowest BCUT2D eigenvalue weighted by atomic mass is 10.7. The van der Waals surface area contributed by atoms with Gasteiger partial charge in [-0.25, -0.2) is 0 Å². The van der Waals surface area contributed by atoms with Gasteiger partial charge in [-0.05, 0) is 11.1 Å². The smallest absolute Gasteiger partial charge is 0.0686 e. The van der Waals surface area contributed by atoms with Crippen molar-refractivity contribution in [2.45, 2.75) is 70.0 Å². The minimum absolute atomic E-state index is 0.723. The first kappa shape index (κ1) is 14.5. The van der Waals surface area contributed by atoms with Gasteiger partial charge >= 0.3 is 0 Å². The molecule has 0 saturated heterocycles. The molecule has 94 valence electrons. The van der Waals surface area contributed by atoms with Gasteiger partial charge in [-0.15, -0.1) is 0 Å². The lowest BCUT2D eigenvalue weighted by molar-refractivity contribution is 1.15. The molecule has 0 aromatic carbocycles. The number of hydrogen-bond donors (Lipinski definition) is 0. The predicted octanol–water partition coefficient (Wildman–Crippen LogP) is 5.15. The first-order chi connectivity index (χ1) is 6.81. The maximum absolute atomic E-state index is 2.71. The Labute approximate surface area is 106 Å². The summed E-state index contributed by atoms with van der Waals surface area (Å²) in [5.41, 5.74) is 4.58. The van der Waals surface area contributed by atoms with Gasteiger partial charge in [0.15, 0.2) is 0 Å². The van der Waals surface area contributed by atoms with Gasteiger partial charge < -0.3 is 0 Å². The van der Waals surface area contributed by atoms with Crippen LogP contribution in [0.1, 0.15) is 6.42 Å². The first-order valence-electron chi connectivity index (χ1n) is 6.53. The Morgan fingerprint density at radius 2 is 1.19 bits per heavy atom. The second-order valence-electron chi connectivity index (χ2n) is 8.62. The quantitative estimate of drug-likeness (QED) is 0.622.